The minimum absolute atomic E-state index is 0.100. The van der Waals surface area contributed by atoms with Crippen LogP contribution >= 0.6 is 0 Å². The van der Waals surface area contributed by atoms with E-state index < -0.39 is 28.3 Å². The Kier molecular flexibility index (Phi) is 3.24. The zero-order valence-electron chi connectivity index (χ0n) is 9.26. The summed E-state index contributed by atoms with van der Waals surface area (Å²) in [5.74, 6) is -0.307. The molecule has 0 spiro atoms. The summed E-state index contributed by atoms with van der Waals surface area (Å²) in [4.78, 5) is 11.2. The van der Waals surface area contributed by atoms with E-state index in [1.807, 2.05) is 0 Å². The molecule has 1 fully saturated rings. The van der Waals surface area contributed by atoms with Crippen molar-refractivity contribution in [2.45, 2.75) is 12.1 Å². The van der Waals surface area contributed by atoms with Crippen LogP contribution in [0.25, 0.3) is 0 Å². The number of para-hydroxylation sites is 1. The Hall–Kier alpha value is -1.64. The monoisotopic (exact) mass is 272 g/mol. The lowest BCUT2D eigenvalue weighted by atomic mass is 10.0. The Labute approximate surface area is 104 Å². The van der Waals surface area contributed by atoms with Crippen molar-refractivity contribution in [3.63, 3.8) is 0 Å². The molecule has 1 heterocycles. The Morgan fingerprint density at radius 2 is 1.94 bits per heavy atom. The number of rotatable bonds is 4. The van der Waals surface area contributed by atoms with Crippen LogP contribution in [-0.2, 0) is 15.1 Å². The Balaban J connectivity index is 2.03. The highest BCUT2D eigenvalue weighted by atomic mass is 32.2. The maximum atomic E-state index is 11.2. The van der Waals surface area contributed by atoms with Gasteiger partial charge in [0.1, 0.15) is 24.4 Å². The molecular formula is C10H12N2O5S. The van der Waals surface area contributed by atoms with Gasteiger partial charge in [0.15, 0.2) is 0 Å². The molecule has 8 heteroatoms. The SMILES string of the molecule is N[C@@H]1C(=O)N(S(=O)(=O)O)[C@@H]1COc1ccccc1. The molecule has 7 nitrogen and oxygen atoms in total. The first-order valence-corrected chi connectivity index (χ1v) is 6.55. The van der Waals surface area contributed by atoms with Gasteiger partial charge in [-0.3, -0.25) is 9.35 Å². The third kappa shape index (κ3) is 2.30. The zero-order valence-corrected chi connectivity index (χ0v) is 10.1. The summed E-state index contributed by atoms with van der Waals surface area (Å²) >= 11 is 0. The number of hydrogen-bond acceptors (Lipinski definition) is 5. The van der Waals surface area contributed by atoms with Crippen molar-refractivity contribution in [2.75, 3.05) is 6.61 Å². The lowest BCUT2D eigenvalue weighted by Gasteiger charge is -2.41. The summed E-state index contributed by atoms with van der Waals surface area (Å²) in [6, 6.07) is 6.82. The maximum absolute atomic E-state index is 11.2. The normalized spacial score (nSPS) is 23.7. The molecule has 1 aromatic rings. The van der Waals surface area contributed by atoms with Gasteiger partial charge in [-0.25, -0.2) is 4.31 Å². The van der Waals surface area contributed by atoms with Crippen LogP contribution in [0.1, 0.15) is 0 Å². The quantitative estimate of drug-likeness (QED) is 0.560. The van der Waals surface area contributed by atoms with E-state index in [0.29, 0.717) is 10.1 Å². The summed E-state index contributed by atoms with van der Waals surface area (Å²) in [5, 5.41) is 0. The van der Waals surface area contributed by atoms with Crippen LogP contribution in [0, 0.1) is 0 Å². The highest BCUT2D eigenvalue weighted by Crippen LogP contribution is 2.22. The molecule has 0 saturated carbocycles. The molecule has 0 unspecified atom stereocenters. The van der Waals surface area contributed by atoms with E-state index in [4.69, 9.17) is 15.0 Å². The van der Waals surface area contributed by atoms with Gasteiger partial charge in [-0.15, -0.1) is 0 Å². The van der Waals surface area contributed by atoms with Crippen LogP contribution in [0.15, 0.2) is 30.3 Å². The highest BCUT2D eigenvalue weighted by Gasteiger charge is 2.51. The Morgan fingerprint density at radius 3 is 2.50 bits per heavy atom. The second-order valence-corrected chi connectivity index (χ2v) is 5.12. The number of ether oxygens (including phenoxy) is 1. The average molecular weight is 272 g/mol. The Bertz CT molecular complexity index is 545. The van der Waals surface area contributed by atoms with Gasteiger partial charge in [0.05, 0.1) is 0 Å². The molecular weight excluding hydrogens is 260 g/mol. The van der Waals surface area contributed by atoms with Gasteiger partial charge in [0, 0.05) is 0 Å². The van der Waals surface area contributed by atoms with E-state index in [9.17, 15) is 13.2 Å². The number of carbonyl (C=O) groups excluding carboxylic acids is 1. The van der Waals surface area contributed by atoms with Gasteiger partial charge < -0.3 is 10.5 Å². The van der Waals surface area contributed by atoms with Crippen LogP contribution in [0.5, 0.6) is 5.75 Å². The molecule has 18 heavy (non-hydrogen) atoms. The first-order chi connectivity index (χ1) is 8.41. The predicted molar refractivity (Wildman–Crippen MR) is 62.1 cm³/mol. The minimum atomic E-state index is -4.58. The van der Waals surface area contributed by atoms with Crippen LogP contribution in [0.2, 0.25) is 0 Å². The number of hydrogen-bond donors (Lipinski definition) is 2. The van der Waals surface area contributed by atoms with Crippen molar-refractivity contribution in [3.8, 4) is 5.75 Å². The van der Waals surface area contributed by atoms with Gasteiger partial charge in [-0.2, -0.15) is 8.42 Å². The molecule has 0 aliphatic carbocycles. The highest BCUT2D eigenvalue weighted by molar-refractivity contribution is 7.84. The van der Waals surface area contributed by atoms with Crippen molar-refractivity contribution < 1.29 is 22.5 Å². The summed E-state index contributed by atoms with van der Waals surface area (Å²) in [7, 11) is -4.58. The molecule has 2 rings (SSSR count). The fourth-order valence-electron chi connectivity index (χ4n) is 1.69. The summed E-state index contributed by atoms with van der Waals surface area (Å²) in [6.07, 6.45) is 0. The second-order valence-electron chi connectivity index (χ2n) is 3.83. The van der Waals surface area contributed by atoms with Crippen molar-refractivity contribution in [2.24, 2.45) is 5.73 Å². The summed E-state index contributed by atoms with van der Waals surface area (Å²) in [6.45, 7) is -0.100. The molecule has 0 bridgehead atoms. The van der Waals surface area contributed by atoms with E-state index in [1.165, 1.54) is 0 Å². The van der Waals surface area contributed by atoms with Crippen LogP contribution in [0.3, 0.4) is 0 Å². The van der Waals surface area contributed by atoms with Gasteiger partial charge in [-0.05, 0) is 12.1 Å². The second kappa shape index (κ2) is 4.56. The summed E-state index contributed by atoms with van der Waals surface area (Å²) < 4.78 is 36.4. The molecule has 0 aromatic heterocycles. The molecule has 1 aromatic carbocycles. The third-order valence-corrected chi connectivity index (χ3v) is 3.58. The van der Waals surface area contributed by atoms with E-state index in [0.717, 1.165) is 0 Å². The third-order valence-electron chi connectivity index (χ3n) is 2.63. The first kappa shape index (κ1) is 12.8. The number of β-lactam (4-membered cyclic amide) rings is 1. The summed E-state index contributed by atoms with van der Waals surface area (Å²) in [5.41, 5.74) is 5.47. The van der Waals surface area contributed by atoms with Gasteiger partial charge in [-0.1, -0.05) is 18.2 Å². The molecule has 1 aliphatic heterocycles. The van der Waals surface area contributed by atoms with Crippen LogP contribution in [-0.4, -0.2) is 41.9 Å². The van der Waals surface area contributed by atoms with Gasteiger partial charge in [0.2, 0.25) is 0 Å². The minimum Gasteiger partial charge on any atom is -0.491 e. The fraction of sp³-hybridized carbons (Fsp3) is 0.300. The molecule has 1 aliphatic rings. The molecule has 98 valence electrons. The van der Waals surface area contributed by atoms with E-state index in [1.54, 1.807) is 30.3 Å². The average Bonchev–Trinajstić information content (AvgIpc) is 2.33. The van der Waals surface area contributed by atoms with Crippen molar-refractivity contribution >= 4 is 16.2 Å². The number of nitrogens with zero attached hydrogens (tertiary/aromatic N) is 1. The van der Waals surface area contributed by atoms with E-state index in [2.05, 4.69) is 0 Å². The number of benzene rings is 1. The lowest BCUT2D eigenvalue weighted by molar-refractivity contribution is -0.142. The van der Waals surface area contributed by atoms with Gasteiger partial charge >= 0.3 is 10.3 Å². The Morgan fingerprint density at radius 1 is 1.33 bits per heavy atom. The lowest BCUT2D eigenvalue weighted by Crippen LogP contribution is -2.71. The van der Waals surface area contributed by atoms with Crippen LogP contribution in [0.4, 0.5) is 0 Å². The molecule has 1 saturated heterocycles. The van der Waals surface area contributed by atoms with Gasteiger partial charge in [0.25, 0.3) is 5.91 Å². The largest absolute Gasteiger partial charge is 0.491 e. The van der Waals surface area contributed by atoms with Crippen molar-refractivity contribution in [1.29, 1.82) is 0 Å². The van der Waals surface area contributed by atoms with Crippen LogP contribution < -0.4 is 10.5 Å². The number of carbonyl (C=O) groups is 1. The maximum Gasteiger partial charge on any atom is 0.362 e. The topological polar surface area (TPSA) is 110 Å². The zero-order chi connectivity index (χ0) is 13.3. The molecule has 2 atom stereocenters. The molecule has 3 N–H and O–H groups in total. The van der Waals surface area contributed by atoms with E-state index >= 15 is 0 Å². The first-order valence-electron chi connectivity index (χ1n) is 5.15. The van der Waals surface area contributed by atoms with Crippen molar-refractivity contribution in [1.82, 2.24) is 4.31 Å². The molecule has 1 amide bonds. The standard InChI is InChI=1S/C10H12N2O5S/c11-9-8(12(10(9)13)18(14,15)16)6-17-7-4-2-1-3-5-7/h1-5,8-9H,6,11H2,(H,14,15,16)/t8-,9+/m1/s1. The van der Waals surface area contributed by atoms with E-state index in [-0.39, 0.29) is 6.61 Å². The number of nitrogens with two attached hydrogens (primary N) is 1. The number of amides is 1. The predicted octanol–water partition coefficient (Wildman–Crippen LogP) is -0.594. The smallest absolute Gasteiger partial charge is 0.362 e. The van der Waals surface area contributed by atoms with Crippen molar-refractivity contribution in [3.05, 3.63) is 30.3 Å². The fourth-order valence-corrected chi connectivity index (χ4v) is 2.58. The molecule has 0 radical (unpaired) electrons.